The van der Waals surface area contributed by atoms with Gasteiger partial charge in [-0.3, -0.25) is 4.79 Å². The number of benzene rings is 1. The van der Waals surface area contributed by atoms with E-state index >= 15 is 0 Å². The highest BCUT2D eigenvalue weighted by molar-refractivity contribution is 5.73. The number of nitrogens with one attached hydrogen (secondary N) is 1. The number of aryl methyl sites for hydroxylation is 1. The van der Waals surface area contributed by atoms with Crippen molar-refractivity contribution in [2.45, 2.75) is 6.92 Å². The Morgan fingerprint density at radius 1 is 1.35 bits per heavy atom. The standard InChI is InChI=1S/C13H9FN2O/c1-8-7-16-13(17)10(6-15)12(8)9-4-2-3-5-11(9)14/h2-5,7H,1H3,(H,16,17). The first-order valence-corrected chi connectivity index (χ1v) is 5.02. The van der Waals surface area contributed by atoms with Crippen LogP contribution in [-0.4, -0.2) is 4.98 Å². The van der Waals surface area contributed by atoms with Gasteiger partial charge in [-0.1, -0.05) is 18.2 Å². The molecular weight excluding hydrogens is 219 g/mol. The van der Waals surface area contributed by atoms with E-state index in [2.05, 4.69) is 4.98 Å². The van der Waals surface area contributed by atoms with E-state index in [4.69, 9.17) is 5.26 Å². The van der Waals surface area contributed by atoms with Crippen molar-refractivity contribution >= 4 is 0 Å². The smallest absolute Gasteiger partial charge is 0.266 e. The molecule has 4 heteroatoms. The topological polar surface area (TPSA) is 56.6 Å². The van der Waals surface area contributed by atoms with Crippen LogP contribution < -0.4 is 5.56 Å². The minimum atomic E-state index is -0.503. The fourth-order valence-electron chi connectivity index (χ4n) is 1.75. The average Bonchev–Trinajstić information content (AvgIpc) is 2.33. The predicted octanol–water partition coefficient (Wildman–Crippen LogP) is 2.36. The van der Waals surface area contributed by atoms with E-state index in [0.29, 0.717) is 11.1 Å². The van der Waals surface area contributed by atoms with Gasteiger partial charge in [-0.2, -0.15) is 5.26 Å². The van der Waals surface area contributed by atoms with Crippen LogP contribution in [0.2, 0.25) is 0 Å². The first-order chi connectivity index (χ1) is 8.15. The van der Waals surface area contributed by atoms with Crippen LogP contribution in [0, 0.1) is 24.1 Å². The molecule has 0 unspecified atom stereocenters. The maximum absolute atomic E-state index is 13.7. The van der Waals surface area contributed by atoms with E-state index in [1.54, 1.807) is 25.1 Å². The van der Waals surface area contributed by atoms with E-state index in [9.17, 15) is 9.18 Å². The molecule has 0 aliphatic heterocycles. The van der Waals surface area contributed by atoms with E-state index in [1.807, 2.05) is 6.07 Å². The quantitative estimate of drug-likeness (QED) is 0.814. The summed E-state index contributed by atoms with van der Waals surface area (Å²) < 4.78 is 13.7. The van der Waals surface area contributed by atoms with Crippen LogP contribution in [0.1, 0.15) is 11.1 Å². The summed E-state index contributed by atoms with van der Waals surface area (Å²) in [6, 6.07) is 7.91. The molecule has 0 spiro atoms. The molecule has 1 aromatic carbocycles. The predicted molar refractivity (Wildman–Crippen MR) is 61.9 cm³/mol. The Morgan fingerprint density at radius 2 is 2.06 bits per heavy atom. The number of rotatable bonds is 1. The van der Waals surface area contributed by atoms with Crippen molar-refractivity contribution in [1.82, 2.24) is 4.98 Å². The van der Waals surface area contributed by atoms with Crippen molar-refractivity contribution in [3.05, 3.63) is 57.8 Å². The average molecular weight is 228 g/mol. The Hall–Kier alpha value is -2.41. The molecule has 17 heavy (non-hydrogen) atoms. The lowest BCUT2D eigenvalue weighted by molar-refractivity contribution is 0.631. The van der Waals surface area contributed by atoms with Crippen molar-refractivity contribution in [3.63, 3.8) is 0 Å². The SMILES string of the molecule is Cc1c[nH]c(=O)c(C#N)c1-c1ccccc1F. The second-order valence-electron chi connectivity index (χ2n) is 3.64. The van der Waals surface area contributed by atoms with Gasteiger partial charge in [0.15, 0.2) is 0 Å². The Labute approximate surface area is 97.2 Å². The van der Waals surface area contributed by atoms with Crippen LogP contribution in [0.3, 0.4) is 0 Å². The molecule has 0 aliphatic carbocycles. The molecular formula is C13H9FN2O. The first-order valence-electron chi connectivity index (χ1n) is 5.02. The number of aromatic nitrogens is 1. The second-order valence-corrected chi connectivity index (χ2v) is 3.64. The molecule has 0 amide bonds. The van der Waals surface area contributed by atoms with Crippen molar-refractivity contribution in [1.29, 1.82) is 5.26 Å². The molecule has 0 fully saturated rings. The summed E-state index contributed by atoms with van der Waals surface area (Å²) in [6.45, 7) is 1.72. The van der Waals surface area contributed by atoms with Crippen molar-refractivity contribution in [2.24, 2.45) is 0 Å². The number of aromatic amines is 1. The molecule has 0 radical (unpaired) electrons. The molecule has 3 nitrogen and oxygen atoms in total. The van der Waals surface area contributed by atoms with Gasteiger partial charge in [0.05, 0.1) is 0 Å². The highest BCUT2D eigenvalue weighted by Crippen LogP contribution is 2.26. The molecule has 84 valence electrons. The number of hydrogen-bond acceptors (Lipinski definition) is 2. The highest BCUT2D eigenvalue weighted by atomic mass is 19.1. The second kappa shape index (κ2) is 4.22. The molecule has 1 aromatic heterocycles. The van der Waals surface area contributed by atoms with E-state index in [1.165, 1.54) is 12.3 Å². The van der Waals surface area contributed by atoms with Crippen LogP contribution in [-0.2, 0) is 0 Å². The monoisotopic (exact) mass is 228 g/mol. The van der Waals surface area contributed by atoms with Gasteiger partial charge in [0, 0.05) is 17.3 Å². The molecule has 1 heterocycles. The molecule has 2 rings (SSSR count). The van der Waals surface area contributed by atoms with E-state index < -0.39 is 11.4 Å². The third-order valence-electron chi connectivity index (χ3n) is 2.55. The summed E-state index contributed by atoms with van der Waals surface area (Å²) in [6.07, 6.45) is 1.48. The Morgan fingerprint density at radius 3 is 2.71 bits per heavy atom. The minimum absolute atomic E-state index is 0.0601. The Balaban J connectivity index is 2.86. The van der Waals surface area contributed by atoms with Crippen molar-refractivity contribution in [2.75, 3.05) is 0 Å². The molecule has 0 aliphatic rings. The normalized spacial score (nSPS) is 9.94. The van der Waals surface area contributed by atoms with Gasteiger partial charge in [-0.15, -0.1) is 0 Å². The van der Waals surface area contributed by atoms with Gasteiger partial charge in [0.25, 0.3) is 5.56 Å². The van der Waals surface area contributed by atoms with Gasteiger partial charge in [-0.25, -0.2) is 4.39 Å². The summed E-state index contributed by atoms with van der Waals surface area (Å²) in [7, 11) is 0. The largest absolute Gasteiger partial charge is 0.328 e. The molecule has 0 saturated heterocycles. The zero-order valence-corrected chi connectivity index (χ0v) is 9.12. The molecule has 0 saturated carbocycles. The number of halogens is 1. The van der Waals surface area contributed by atoms with E-state index in [-0.39, 0.29) is 11.1 Å². The number of pyridine rings is 1. The van der Waals surface area contributed by atoms with Crippen LogP contribution in [0.25, 0.3) is 11.1 Å². The van der Waals surface area contributed by atoms with Crippen LogP contribution in [0.15, 0.2) is 35.3 Å². The first kappa shape index (κ1) is 11.1. The number of hydrogen-bond donors (Lipinski definition) is 1. The number of nitriles is 1. The van der Waals surface area contributed by atoms with Gasteiger partial charge >= 0.3 is 0 Å². The van der Waals surface area contributed by atoms with Crippen molar-refractivity contribution in [3.8, 4) is 17.2 Å². The minimum Gasteiger partial charge on any atom is -0.328 e. The van der Waals surface area contributed by atoms with Gasteiger partial charge in [0.2, 0.25) is 0 Å². The van der Waals surface area contributed by atoms with Gasteiger partial charge in [-0.05, 0) is 18.6 Å². The summed E-state index contributed by atoms with van der Waals surface area (Å²) in [5.74, 6) is -0.447. The summed E-state index contributed by atoms with van der Waals surface area (Å²) >= 11 is 0. The lowest BCUT2D eigenvalue weighted by atomic mass is 9.97. The highest BCUT2D eigenvalue weighted by Gasteiger charge is 2.14. The fraction of sp³-hybridized carbons (Fsp3) is 0.0769. The van der Waals surface area contributed by atoms with Crippen LogP contribution >= 0.6 is 0 Å². The summed E-state index contributed by atoms with van der Waals surface area (Å²) in [5.41, 5.74) is 0.722. The van der Waals surface area contributed by atoms with Gasteiger partial charge in [0.1, 0.15) is 17.4 Å². The lowest BCUT2D eigenvalue weighted by Crippen LogP contribution is -2.12. The molecule has 2 aromatic rings. The molecule has 0 bridgehead atoms. The third-order valence-corrected chi connectivity index (χ3v) is 2.55. The van der Waals surface area contributed by atoms with Gasteiger partial charge < -0.3 is 4.98 Å². The van der Waals surface area contributed by atoms with Crippen LogP contribution in [0.4, 0.5) is 4.39 Å². The fourth-order valence-corrected chi connectivity index (χ4v) is 1.75. The summed E-state index contributed by atoms with van der Waals surface area (Å²) in [4.78, 5) is 14.0. The van der Waals surface area contributed by atoms with Crippen molar-refractivity contribution < 1.29 is 4.39 Å². The number of nitrogens with zero attached hydrogens (tertiary/aromatic N) is 1. The Bertz CT molecular complexity index is 668. The Kier molecular flexibility index (Phi) is 2.75. The maximum atomic E-state index is 13.7. The third kappa shape index (κ3) is 1.83. The summed E-state index contributed by atoms with van der Waals surface area (Å²) in [5, 5.41) is 8.98. The van der Waals surface area contributed by atoms with E-state index in [0.717, 1.165) is 0 Å². The maximum Gasteiger partial charge on any atom is 0.266 e. The lowest BCUT2D eigenvalue weighted by Gasteiger charge is -2.08. The zero-order chi connectivity index (χ0) is 12.4. The molecule has 0 atom stereocenters. The zero-order valence-electron chi connectivity index (χ0n) is 9.12. The van der Waals surface area contributed by atoms with Crippen LogP contribution in [0.5, 0.6) is 0 Å². The number of H-pyrrole nitrogens is 1. The molecule has 1 N–H and O–H groups in total.